The SMILES string of the molecule is O=C1CN(Cc2nc(Cn3cncn3)nn2-c2cccc(F)c2)CCN1. The van der Waals surface area contributed by atoms with E-state index in [9.17, 15) is 9.18 Å². The van der Waals surface area contributed by atoms with Crippen LogP contribution in [0.5, 0.6) is 0 Å². The lowest BCUT2D eigenvalue weighted by Gasteiger charge is -2.25. The van der Waals surface area contributed by atoms with Crippen molar-refractivity contribution in [2.75, 3.05) is 19.6 Å². The lowest BCUT2D eigenvalue weighted by atomic mass is 10.3. The fraction of sp³-hybridized carbons (Fsp3) is 0.312. The van der Waals surface area contributed by atoms with Crippen LogP contribution in [0.3, 0.4) is 0 Å². The summed E-state index contributed by atoms with van der Waals surface area (Å²) in [6, 6.07) is 6.18. The van der Waals surface area contributed by atoms with Gasteiger partial charge < -0.3 is 5.32 Å². The van der Waals surface area contributed by atoms with Gasteiger partial charge in [-0.25, -0.2) is 23.7 Å². The van der Waals surface area contributed by atoms with Crippen molar-refractivity contribution < 1.29 is 9.18 Å². The van der Waals surface area contributed by atoms with Crippen molar-refractivity contribution in [1.82, 2.24) is 39.7 Å². The third kappa shape index (κ3) is 3.59. The van der Waals surface area contributed by atoms with Crippen LogP contribution >= 0.6 is 0 Å². The van der Waals surface area contributed by atoms with E-state index in [2.05, 4.69) is 25.5 Å². The molecule has 1 aliphatic rings. The second-order valence-electron chi connectivity index (χ2n) is 5.99. The predicted molar refractivity (Wildman–Crippen MR) is 88.7 cm³/mol. The highest BCUT2D eigenvalue weighted by atomic mass is 19.1. The summed E-state index contributed by atoms with van der Waals surface area (Å²) in [6.45, 7) is 2.41. The summed E-state index contributed by atoms with van der Waals surface area (Å²) >= 11 is 0. The normalized spacial score (nSPS) is 15.2. The fourth-order valence-electron chi connectivity index (χ4n) is 2.86. The van der Waals surface area contributed by atoms with Crippen LogP contribution in [-0.4, -0.2) is 60.0 Å². The summed E-state index contributed by atoms with van der Waals surface area (Å²) in [5.41, 5.74) is 0.582. The summed E-state index contributed by atoms with van der Waals surface area (Å²) in [4.78, 5) is 22.1. The second kappa shape index (κ2) is 7.00. The minimum Gasteiger partial charge on any atom is -0.354 e. The Morgan fingerprint density at radius 2 is 2.19 bits per heavy atom. The van der Waals surface area contributed by atoms with Crippen molar-refractivity contribution in [3.63, 3.8) is 0 Å². The number of nitrogens with one attached hydrogen (secondary N) is 1. The zero-order chi connectivity index (χ0) is 17.9. The molecule has 0 spiro atoms. The minimum atomic E-state index is -0.348. The molecule has 0 atom stereocenters. The predicted octanol–water partition coefficient (Wildman–Crippen LogP) is -0.0220. The third-order valence-corrected chi connectivity index (χ3v) is 4.02. The molecule has 3 aromatic rings. The zero-order valence-corrected chi connectivity index (χ0v) is 13.9. The molecule has 9 nitrogen and oxygen atoms in total. The molecule has 1 aliphatic heterocycles. The van der Waals surface area contributed by atoms with Crippen molar-refractivity contribution in [3.05, 3.63) is 54.4 Å². The molecule has 0 radical (unpaired) electrons. The maximum atomic E-state index is 13.7. The van der Waals surface area contributed by atoms with Crippen molar-refractivity contribution in [2.45, 2.75) is 13.1 Å². The highest BCUT2D eigenvalue weighted by molar-refractivity contribution is 5.78. The first-order valence-electron chi connectivity index (χ1n) is 8.19. The van der Waals surface area contributed by atoms with Gasteiger partial charge in [-0.3, -0.25) is 9.69 Å². The molecule has 1 fully saturated rings. The lowest BCUT2D eigenvalue weighted by molar-refractivity contribution is -0.124. The molecular formula is C16H17FN8O. The molecular weight excluding hydrogens is 339 g/mol. The van der Waals surface area contributed by atoms with Gasteiger partial charge in [0.25, 0.3) is 0 Å². The van der Waals surface area contributed by atoms with Crippen LogP contribution < -0.4 is 5.32 Å². The van der Waals surface area contributed by atoms with E-state index in [-0.39, 0.29) is 11.7 Å². The van der Waals surface area contributed by atoms with Crippen LogP contribution in [-0.2, 0) is 17.9 Å². The van der Waals surface area contributed by atoms with Crippen LogP contribution in [0, 0.1) is 5.82 Å². The third-order valence-electron chi connectivity index (χ3n) is 4.02. The number of benzene rings is 1. The number of halogens is 1. The molecule has 10 heteroatoms. The smallest absolute Gasteiger partial charge is 0.234 e. The molecule has 26 heavy (non-hydrogen) atoms. The summed E-state index contributed by atoms with van der Waals surface area (Å²) in [5, 5.41) is 11.4. The van der Waals surface area contributed by atoms with E-state index in [0.29, 0.717) is 43.5 Å². The van der Waals surface area contributed by atoms with Crippen molar-refractivity contribution in [1.29, 1.82) is 0 Å². The van der Waals surface area contributed by atoms with E-state index in [0.717, 1.165) is 6.54 Å². The van der Waals surface area contributed by atoms with Gasteiger partial charge in [-0.15, -0.1) is 5.10 Å². The molecule has 0 saturated carbocycles. The highest BCUT2D eigenvalue weighted by Gasteiger charge is 2.20. The van der Waals surface area contributed by atoms with E-state index in [1.165, 1.54) is 18.5 Å². The van der Waals surface area contributed by atoms with Gasteiger partial charge in [-0.2, -0.15) is 5.10 Å². The average Bonchev–Trinajstić information content (AvgIpc) is 3.25. The van der Waals surface area contributed by atoms with E-state index in [1.807, 2.05) is 4.90 Å². The van der Waals surface area contributed by atoms with Gasteiger partial charge in [-0.05, 0) is 18.2 Å². The van der Waals surface area contributed by atoms with Gasteiger partial charge in [0.1, 0.15) is 30.8 Å². The van der Waals surface area contributed by atoms with Gasteiger partial charge in [-0.1, -0.05) is 6.07 Å². The monoisotopic (exact) mass is 356 g/mol. The fourth-order valence-corrected chi connectivity index (χ4v) is 2.86. The molecule has 0 aliphatic carbocycles. The van der Waals surface area contributed by atoms with Crippen molar-refractivity contribution in [2.24, 2.45) is 0 Å². The maximum absolute atomic E-state index is 13.7. The summed E-state index contributed by atoms with van der Waals surface area (Å²) < 4.78 is 16.9. The molecule has 1 N–H and O–H groups in total. The largest absolute Gasteiger partial charge is 0.354 e. The Morgan fingerprint density at radius 1 is 1.27 bits per heavy atom. The van der Waals surface area contributed by atoms with Gasteiger partial charge in [0.15, 0.2) is 5.82 Å². The Balaban J connectivity index is 1.65. The number of hydrogen-bond donors (Lipinski definition) is 1. The lowest BCUT2D eigenvalue weighted by Crippen LogP contribution is -2.47. The molecule has 3 heterocycles. The second-order valence-corrected chi connectivity index (χ2v) is 5.99. The van der Waals surface area contributed by atoms with Gasteiger partial charge in [0, 0.05) is 13.1 Å². The number of piperazine rings is 1. The van der Waals surface area contributed by atoms with E-state index < -0.39 is 0 Å². The van der Waals surface area contributed by atoms with E-state index in [4.69, 9.17) is 0 Å². The van der Waals surface area contributed by atoms with Crippen LogP contribution in [0.25, 0.3) is 5.69 Å². The van der Waals surface area contributed by atoms with Gasteiger partial charge >= 0.3 is 0 Å². The van der Waals surface area contributed by atoms with Gasteiger partial charge in [0.05, 0.1) is 18.8 Å². The van der Waals surface area contributed by atoms with Crippen LogP contribution in [0.15, 0.2) is 36.9 Å². The molecule has 2 aromatic heterocycles. The molecule has 1 aromatic carbocycles. The Morgan fingerprint density at radius 3 is 2.96 bits per heavy atom. The Kier molecular flexibility index (Phi) is 4.40. The van der Waals surface area contributed by atoms with Gasteiger partial charge in [0.2, 0.25) is 5.91 Å². The molecule has 1 amide bonds. The highest BCUT2D eigenvalue weighted by Crippen LogP contribution is 2.14. The minimum absolute atomic E-state index is 0.0177. The summed E-state index contributed by atoms with van der Waals surface area (Å²) in [5.74, 6) is 0.812. The van der Waals surface area contributed by atoms with Crippen LogP contribution in [0.4, 0.5) is 4.39 Å². The standard InChI is InChI=1S/C16H17FN8O/c17-12-2-1-3-13(6-12)25-15(8-23-5-4-19-16(26)9-23)21-14(22-25)7-24-11-18-10-20-24/h1-3,6,10-11H,4-5,7-9H2,(H,19,26). The number of hydrogen-bond acceptors (Lipinski definition) is 6. The van der Waals surface area contributed by atoms with E-state index >= 15 is 0 Å². The zero-order valence-electron chi connectivity index (χ0n) is 13.9. The Hall–Kier alpha value is -3.14. The Bertz CT molecular complexity index is 907. The first-order chi connectivity index (χ1) is 12.7. The quantitative estimate of drug-likeness (QED) is 0.690. The van der Waals surface area contributed by atoms with Crippen LogP contribution in [0.1, 0.15) is 11.6 Å². The maximum Gasteiger partial charge on any atom is 0.234 e. The average molecular weight is 356 g/mol. The number of aromatic nitrogens is 6. The van der Waals surface area contributed by atoms with E-state index in [1.54, 1.807) is 27.8 Å². The summed E-state index contributed by atoms with van der Waals surface area (Å²) in [7, 11) is 0. The van der Waals surface area contributed by atoms with Crippen molar-refractivity contribution in [3.8, 4) is 5.69 Å². The number of amides is 1. The molecule has 134 valence electrons. The Labute approximate surface area is 148 Å². The first kappa shape index (κ1) is 16.3. The first-order valence-corrected chi connectivity index (χ1v) is 8.19. The molecule has 1 saturated heterocycles. The number of carbonyl (C=O) groups is 1. The number of rotatable bonds is 5. The molecule has 4 rings (SSSR count). The number of carbonyl (C=O) groups excluding carboxylic acids is 1. The number of nitrogens with zero attached hydrogens (tertiary/aromatic N) is 7. The molecule has 0 bridgehead atoms. The molecule has 0 unspecified atom stereocenters. The summed E-state index contributed by atoms with van der Waals surface area (Å²) in [6.07, 6.45) is 3.02. The topological polar surface area (TPSA) is 93.8 Å². The van der Waals surface area contributed by atoms with Crippen LogP contribution in [0.2, 0.25) is 0 Å². The van der Waals surface area contributed by atoms with Crippen molar-refractivity contribution >= 4 is 5.91 Å².